The van der Waals surface area contributed by atoms with Gasteiger partial charge in [-0.05, 0) is 180 Å². The molecule has 0 aliphatic heterocycles. The number of phenols is 1. The minimum atomic E-state index is -0.0967. The minimum Gasteiger partial charge on any atom is -0.508 e. The molecule has 0 fully saturated rings. The Balaban J connectivity index is 0.000000167. The Morgan fingerprint density at radius 2 is 0.802 bits per heavy atom. The highest BCUT2D eigenvalue weighted by molar-refractivity contribution is 9.10. The Morgan fingerprint density at radius 1 is 0.407 bits per heavy atom. The number of anilines is 4. The smallest absolute Gasteiger partial charge is 0.253 e. The number of rotatable bonds is 3. The third kappa shape index (κ3) is 13.9. The van der Waals surface area contributed by atoms with Crippen LogP contribution in [0.25, 0.3) is 54.5 Å². The van der Waals surface area contributed by atoms with Gasteiger partial charge in [-0.3, -0.25) is 24.0 Å². The van der Waals surface area contributed by atoms with Crippen LogP contribution in [0.4, 0.5) is 22.7 Å². The number of hydrogen-bond acceptors (Lipinski definition) is 13. The lowest BCUT2D eigenvalue weighted by Gasteiger charge is -2.13. The predicted octanol–water partition coefficient (Wildman–Crippen LogP) is 11.3. The van der Waals surface area contributed by atoms with Gasteiger partial charge in [0.15, 0.2) is 0 Å². The van der Waals surface area contributed by atoms with Crippen LogP contribution < -0.4 is 64.9 Å². The molecule has 11 rings (SSSR count). The lowest BCUT2D eigenvalue weighted by molar-refractivity contribution is 0.412. The van der Waals surface area contributed by atoms with Crippen molar-refractivity contribution >= 4 is 93.2 Å². The molecule has 0 unspecified atom stereocenters. The molecular weight excluding hydrogens is 1150 g/mol. The zero-order valence-electron chi connectivity index (χ0n) is 51.6. The molecule has 0 aliphatic rings. The van der Waals surface area contributed by atoms with E-state index in [1.807, 2.05) is 123 Å². The van der Waals surface area contributed by atoms with E-state index in [0.717, 1.165) is 121 Å². The van der Waals surface area contributed by atoms with Crippen molar-refractivity contribution in [2.75, 3.05) is 44.3 Å². The molecule has 5 aromatic heterocycles. The van der Waals surface area contributed by atoms with Gasteiger partial charge in [0.1, 0.15) is 23.0 Å². The van der Waals surface area contributed by atoms with E-state index in [1.54, 1.807) is 106 Å². The molecule has 450 valence electrons. The van der Waals surface area contributed by atoms with Crippen LogP contribution in [0.1, 0.15) is 55.6 Å². The zero-order valence-corrected chi connectivity index (χ0v) is 53.1. The zero-order chi connectivity index (χ0) is 63.9. The number of ether oxygens (including phenoxy) is 3. The van der Waals surface area contributed by atoms with Crippen LogP contribution in [0, 0.1) is 69.2 Å². The van der Waals surface area contributed by atoms with E-state index >= 15 is 0 Å². The van der Waals surface area contributed by atoms with Crippen LogP contribution in [0.2, 0.25) is 0 Å². The van der Waals surface area contributed by atoms with Crippen molar-refractivity contribution in [1.82, 2.24) is 23.7 Å². The van der Waals surface area contributed by atoms with E-state index in [-0.39, 0.29) is 33.5 Å². The van der Waals surface area contributed by atoms with Crippen molar-refractivity contribution < 1.29 is 19.3 Å². The summed E-state index contributed by atoms with van der Waals surface area (Å²) in [5.74, 6) is 2.26. The highest BCUT2D eigenvalue weighted by Gasteiger charge is 2.15. The van der Waals surface area contributed by atoms with E-state index in [4.69, 9.17) is 37.1 Å². The van der Waals surface area contributed by atoms with Crippen molar-refractivity contribution in [1.29, 1.82) is 0 Å². The van der Waals surface area contributed by atoms with Crippen LogP contribution in [-0.2, 0) is 21.1 Å². The van der Waals surface area contributed by atoms with Crippen LogP contribution in [0.3, 0.4) is 0 Å². The summed E-state index contributed by atoms with van der Waals surface area (Å²) in [6.07, 6.45) is 0. The molecule has 11 aromatic rings. The Morgan fingerprint density at radius 3 is 1.26 bits per heavy atom. The number of H-pyrrole nitrogens is 2. The third-order valence-corrected chi connectivity index (χ3v) is 16.4. The lowest BCUT2D eigenvalue weighted by Crippen LogP contribution is -2.21. The monoisotopic (exact) mass is 1230 g/mol. The number of phenolic OH excluding ortho intramolecular Hbond substituents is 1. The summed E-state index contributed by atoms with van der Waals surface area (Å²) in [6, 6.07) is 31.0. The van der Waals surface area contributed by atoms with Crippen molar-refractivity contribution in [2.24, 2.45) is 21.1 Å². The number of halogens is 1. The highest BCUT2D eigenvalue weighted by atomic mass is 79.9. The number of benzene rings is 6. The number of fused-ring (bicyclic) bond motifs is 5. The maximum Gasteiger partial charge on any atom is 0.253 e. The number of aromatic amines is 2. The average Bonchev–Trinajstić information content (AvgIpc) is 2.05. The van der Waals surface area contributed by atoms with E-state index in [9.17, 15) is 29.1 Å². The summed E-state index contributed by atoms with van der Waals surface area (Å²) in [4.78, 5) is 64.3. The average molecular weight is 1230 g/mol. The van der Waals surface area contributed by atoms with Crippen molar-refractivity contribution in [3.05, 3.63) is 215 Å². The highest BCUT2D eigenvalue weighted by Crippen LogP contribution is 2.33. The first kappa shape index (κ1) is 65.4. The molecule has 19 heteroatoms. The maximum absolute atomic E-state index is 12.0. The van der Waals surface area contributed by atoms with Gasteiger partial charge in [-0.1, -0.05) is 12.1 Å². The van der Waals surface area contributed by atoms with Crippen LogP contribution in [-0.4, -0.2) is 50.1 Å². The summed E-state index contributed by atoms with van der Waals surface area (Å²) in [6.45, 7) is 18.9. The number of aryl methyl sites for hydroxylation is 8. The van der Waals surface area contributed by atoms with Crippen molar-refractivity contribution in [3.63, 3.8) is 0 Å². The Labute approximate surface area is 506 Å². The molecule has 86 heavy (non-hydrogen) atoms. The Kier molecular flexibility index (Phi) is 20.8. The number of aromatic hydroxyl groups is 1. The fraction of sp³-hybridized carbons (Fsp3) is 0.239. The van der Waals surface area contributed by atoms with E-state index in [0.29, 0.717) is 34.0 Å². The molecule has 0 atom stereocenters. The molecule has 0 aliphatic carbocycles. The lowest BCUT2D eigenvalue weighted by atomic mass is 10.0. The van der Waals surface area contributed by atoms with E-state index < -0.39 is 0 Å². The fourth-order valence-corrected chi connectivity index (χ4v) is 10.2. The Bertz CT molecular complexity index is 4490. The molecule has 18 nitrogen and oxygen atoms in total. The van der Waals surface area contributed by atoms with Crippen molar-refractivity contribution in [2.45, 2.75) is 69.2 Å². The van der Waals surface area contributed by atoms with Gasteiger partial charge >= 0.3 is 0 Å². The second kappa shape index (κ2) is 27.3. The van der Waals surface area contributed by atoms with Crippen LogP contribution in [0.5, 0.6) is 23.0 Å². The van der Waals surface area contributed by atoms with Gasteiger partial charge in [-0.25, -0.2) is 0 Å². The summed E-state index contributed by atoms with van der Waals surface area (Å²) in [7, 11) is 10.1. The molecule has 0 saturated carbocycles. The molecule has 5 heterocycles. The molecule has 0 bridgehead atoms. The number of aromatic nitrogens is 5. The largest absolute Gasteiger partial charge is 0.508 e. The first-order chi connectivity index (χ1) is 40.5. The Hall–Kier alpha value is -9.75. The first-order valence-corrected chi connectivity index (χ1v) is 28.0. The molecular formula is C67H76BrN9O9. The summed E-state index contributed by atoms with van der Waals surface area (Å²) >= 11 is 3.47. The molecule has 0 amide bonds. The molecule has 0 radical (unpaired) electrons. The van der Waals surface area contributed by atoms with Gasteiger partial charge in [-0.15, -0.1) is 0 Å². The van der Waals surface area contributed by atoms with Gasteiger partial charge in [0.2, 0.25) is 0 Å². The van der Waals surface area contributed by atoms with Gasteiger partial charge in [0.25, 0.3) is 27.8 Å². The molecule has 0 spiro atoms. The predicted molar refractivity (Wildman–Crippen MR) is 357 cm³/mol. The first-order valence-electron chi connectivity index (χ1n) is 27.2. The number of nitrogens with two attached hydrogens (primary N) is 4. The van der Waals surface area contributed by atoms with Crippen molar-refractivity contribution in [3.8, 4) is 23.0 Å². The summed E-state index contributed by atoms with van der Waals surface area (Å²) in [5.41, 5.74) is 37.9. The van der Waals surface area contributed by atoms with Gasteiger partial charge in [0.05, 0.1) is 59.1 Å². The molecule has 0 saturated heterocycles. The number of pyridine rings is 5. The summed E-state index contributed by atoms with van der Waals surface area (Å²) < 4.78 is 21.5. The quantitative estimate of drug-likeness (QED) is 0.0811. The third-order valence-electron chi connectivity index (χ3n) is 15.8. The number of nitrogen functional groups attached to an aromatic ring is 4. The van der Waals surface area contributed by atoms with Crippen LogP contribution >= 0.6 is 15.9 Å². The second-order valence-electron chi connectivity index (χ2n) is 21.0. The normalized spacial score (nSPS) is 10.6. The van der Waals surface area contributed by atoms with Gasteiger partial charge < -0.3 is 65.9 Å². The summed E-state index contributed by atoms with van der Waals surface area (Å²) in [5, 5.41) is 14.4. The van der Waals surface area contributed by atoms with E-state index in [1.165, 1.54) is 0 Å². The van der Waals surface area contributed by atoms with Gasteiger partial charge in [-0.2, -0.15) is 0 Å². The second-order valence-corrected chi connectivity index (χ2v) is 21.8. The molecule has 6 aromatic carbocycles. The van der Waals surface area contributed by atoms with E-state index in [2.05, 4.69) is 25.9 Å². The van der Waals surface area contributed by atoms with Crippen LogP contribution in [0.15, 0.2) is 132 Å². The maximum atomic E-state index is 12.0. The minimum absolute atomic E-state index is 0.0156. The number of methoxy groups -OCH3 is 3. The SMILES string of the molecule is COc1cc2c(cc1Br)c(C)c(C)c(=O)n2C.COc1cc2c(cc1N)c(C)c(C)c(=O)n2C.COc1ccc2c(C)c(C)c(=O)n(C)c2c1.Cc1c(C)c2ccc(N)cc2[nH]c1=O.Cc1c(C)c2ccc(O)cc2[nH]c1=O.Nc1cccc(N)c1. The fourth-order valence-electron chi connectivity index (χ4n) is 9.71. The standard InChI is InChI=1S/C13H14BrNO2.C13H16N2O2.C13H15NO2.C11H12N2O.C11H11NO2.C6H8N2/c2*1-7-8(2)13(16)15(3)11-6-12(17-4)10(14)5-9(7)11;1-8-9(2)13(15)14(3)12-7-10(16-4)5-6-11(8)12;1-6-7(2)11(14)13-10-5-8(12)3-4-9(6)10;1-6-7(2)11(14)12-10-5-8(13)3-4-9(6)10;7-5-2-1-3-6(8)4-5/h5-6H,1-4H3;5-6H,14H2,1-4H3;5-7H,1-4H3;3-5H,12H2,1-2H3,(H,13,14);3-5,13H,1-2H3,(H,12,14);1-4H,7-8H2. The van der Waals surface area contributed by atoms with Gasteiger partial charge in [0, 0.05) is 117 Å². The molecule has 11 N–H and O–H groups in total. The number of hydrogen-bond donors (Lipinski definition) is 7. The number of nitrogens with zero attached hydrogens (tertiary/aromatic N) is 3. The topological polar surface area (TPSA) is 284 Å². The number of nitrogens with one attached hydrogen (secondary N) is 2.